The van der Waals surface area contributed by atoms with E-state index in [0.29, 0.717) is 0 Å². The highest BCUT2D eigenvalue weighted by molar-refractivity contribution is 7.15. The number of benzene rings is 1. The molecule has 0 fully saturated rings. The summed E-state index contributed by atoms with van der Waals surface area (Å²) in [6.07, 6.45) is 3.75. The molecule has 0 unspecified atom stereocenters. The smallest absolute Gasteiger partial charge is 0.193 e. The van der Waals surface area contributed by atoms with Gasteiger partial charge in [-0.2, -0.15) is 5.26 Å². The van der Waals surface area contributed by atoms with Gasteiger partial charge in [-0.15, -0.1) is 11.3 Å². The van der Waals surface area contributed by atoms with Gasteiger partial charge in [-0.1, -0.05) is 6.07 Å². The molecule has 0 amide bonds. The number of thiazole rings is 1. The number of nitriles is 1. The van der Waals surface area contributed by atoms with Crippen molar-refractivity contribution >= 4 is 16.3 Å². The SMILES string of the molecule is N#Cc1c(F)cccc1OCc1cn2ccsc2n1. The van der Waals surface area contributed by atoms with Gasteiger partial charge in [-0.25, -0.2) is 9.37 Å². The molecule has 3 rings (SSSR count). The molecule has 1 aromatic carbocycles. The molecule has 0 aliphatic rings. The van der Waals surface area contributed by atoms with Crippen LogP contribution in [-0.4, -0.2) is 9.38 Å². The highest BCUT2D eigenvalue weighted by atomic mass is 32.1. The molecule has 0 N–H and O–H groups in total. The van der Waals surface area contributed by atoms with Gasteiger partial charge in [-0.3, -0.25) is 4.40 Å². The molecule has 0 atom stereocenters. The molecular weight excluding hydrogens is 265 g/mol. The van der Waals surface area contributed by atoms with Crippen LogP contribution in [0.15, 0.2) is 36.0 Å². The Hall–Kier alpha value is -2.39. The van der Waals surface area contributed by atoms with E-state index in [9.17, 15) is 4.39 Å². The fourth-order valence-corrected chi connectivity index (χ4v) is 2.45. The van der Waals surface area contributed by atoms with Gasteiger partial charge in [0, 0.05) is 17.8 Å². The standard InChI is InChI=1S/C13H8FN3OS/c14-11-2-1-3-12(10(11)6-15)18-8-9-7-17-4-5-19-13(17)16-9/h1-5,7H,8H2. The Kier molecular flexibility index (Phi) is 2.89. The lowest BCUT2D eigenvalue weighted by atomic mass is 10.2. The average molecular weight is 273 g/mol. The maximum atomic E-state index is 13.4. The quantitative estimate of drug-likeness (QED) is 0.737. The van der Waals surface area contributed by atoms with Crippen LogP contribution < -0.4 is 4.74 Å². The van der Waals surface area contributed by atoms with Crippen molar-refractivity contribution in [3.05, 3.63) is 53.0 Å². The largest absolute Gasteiger partial charge is 0.486 e. The van der Waals surface area contributed by atoms with Crippen molar-refractivity contribution in [2.45, 2.75) is 6.61 Å². The summed E-state index contributed by atoms with van der Waals surface area (Å²) in [5, 5.41) is 10.8. The van der Waals surface area contributed by atoms with E-state index in [1.165, 1.54) is 23.5 Å². The van der Waals surface area contributed by atoms with E-state index >= 15 is 0 Å². The van der Waals surface area contributed by atoms with Crippen LogP contribution >= 0.6 is 11.3 Å². The molecule has 0 aliphatic heterocycles. The molecule has 6 heteroatoms. The fourth-order valence-electron chi connectivity index (χ4n) is 1.73. The maximum Gasteiger partial charge on any atom is 0.193 e. The molecule has 0 saturated heterocycles. The number of ether oxygens (including phenoxy) is 1. The monoisotopic (exact) mass is 273 g/mol. The number of fused-ring (bicyclic) bond motifs is 1. The lowest BCUT2D eigenvalue weighted by molar-refractivity contribution is 0.299. The Morgan fingerprint density at radius 1 is 1.47 bits per heavy atom. The zero-order chi connectivity index (χ0) is 13.2. The Balaban J connectivity index is 1.81. The minimum Gasteiger partial charge on any atom is -0.486 e. The van der Waals surface area contributed by atoms with E-state index in [1.807, 2.05) is 22.2 Å². The second kappa shape index (κ2) is 4.71. The van der Waals surface area contributed by atoms with Gasteiger partial charge in [0.2, 0.25) is 0 Å². The molecule has 0 aliphatic carbocycles. The molecule has 94 valence electrons. The second-order valence-corrected chi connectivity index (χ2v) is 4.71. The van der Waals surface area contributed by atoms with E-state index in [-0.39, 0.29) is 17.9 Å². The number of nitrogens with zero attached hydrogens (tertiary/aromatic N) is 3. The summed E-state index contributed by atoms with van der Waals surface area (Å²) in [6, 6.07) is 6.11. The van der Waals surface area contributed by atoms with Crippen molar-refractivity contribution in [3.63, 3.8) is 0 Å². The molecule has 2 heterocycles. The predicted molar refractivity (Wildman–Crippen MR) is 68.5 cm³/mol. The van der Waals surface area contributed by atoms with Crippen LogP contribution in [0.1, 0.15) is 11.3 Å². The van der Waals surface area contributed by atoms with E-state index in [1.54, 1.807) is 12.1 Å². The number of hydrogen-bond acceptors (Lipinski definition) is 4. The average Bonchev–Trinajstić information content (AvgIpc) is 2.97. The second-order valence-electron chi connectivity index (χ2n) is 3.84. The highest BCUT2D eigenvalue weighted by Crippen LogP contribution is 2.21. The normalized spacial score (nSPS) is 10.5. The summed E-state index contributed by atoms with van der Waals surface area (Å²) < 4.78 is 20.7. The first kappa shape index (κ1) is 11.7. The lowest BCUT2D eigenvalue weighted by Gasteiger charge is -2.06. The molecule has 3 aromatic rings. The third-order valence-corrected chi connectivity index (χ3v) is 3.38. The number of hydrogen-bond donors (Lipinski definition) is 0. The third-order valence-electron chi connectivity index (χ3n) is 2.61. The van der Waals surface area contributed by atoms with Crippen molar-refractivity contribution in [1.29, 1.82) is 5.26 Å². The van der Waals surface area contributed by atoms with Crippen molar-refractivity contribution < 1.29 is 9.13 Å². The zero-order valence-electron chi connectivity index (χ0n) is 9.71. The van der Waals surface area contributed by atoms with Gasteiger partial charge < -0.3 is 4.74 Å². The predicted octanol–water partition coefficient (Wildman–Crippen LogP) is 2.99. The third kappa shape index (κ3) is 2.16. The summed E-state index contributed by atoms with van der Waals surface area (Å²) in [5.41, 5.74) is 0.656. The Labute approximate surface area is 112 Å². The summed E-state index contributed by atoms with van der Waals surface area (Å²) in [5.74, 6) is -0.343. The fraction of sp³-hybridized carbons (Fsp3) is 0.0769. The molecule has 2 aromatic heterocycles. The number of rotatable bonds is 3. The number of halogens is 1. The highest BCUT2D eigenvalue weighted by Gasteiger charge is 2.10. The molecule has 0 radical (unpaired) electrons. The first-order chi connectivity index (χ1) is 9.28. The molecule has 0 spiro atoms. The summed E-state index contributed by atoms with van der Waals surface area (Å²) in [7, 11) is 0. The molecule has 0 bridgehead atoms. The van der Waals surface area contributed by atoms with Gasteiger partial charge in [0.25, 0.3) is 0 Å². The van der Waals surface area contributed by atoms with Crippen LogP contribution in [0, 0.1) is 17.1 Å². The first-order valence-corrected chi connectivity index (χ1v) is 6.38. The summed E-state index contributed by atoms with van der Waals surface area (Å²) in [6.45, 7) is 0.201. The molecule has 19 heavy (non-hydrogen) atoms. The van der Waals surface area contributed by atoms with Crippen LogP contribution in [0.25, 0.3) is 4.96 Å². The number of imidazole rings is 1. The Morgan fingerprint density at radius 3 is 3.16 bits per heavy atom. The summed E-state index contributed by atoms with van der Waals surface area (Å²) in [4.78, 5) is 5.22. The molecule has 4 nitrogen and oxygen atoms in total. The van der Waals surface area contributed by atoms with Crippen molar-refractivity contribution in [2.24, 2.45) is 0 Å². The van der Waals surface area contributed by atoms with Crippen molar-refractivity contribution in [2.75, 3.05) is 0 Å². The van der Waals surface area contributed by atoms with Crippen LogP contribution in [0.4, 0.5) is 4.39 Å². The van der Waals surface area contributed by atoms with E-state index < -0.39 is 5.82 Å². The van der Waals surface area contributed by atoms with Gasteiger partial charge in [0.15, 0.2) is 4.96 Å². The molecular formula is C13H8FN3OS. The van der Waals surface area contributed by atoms with Crippen molar-refractivity contribution in [1.82, 2.24) is 9.38 Å². The van der Waals surface area contributed by atoms with Crippen LogP contribution in [0.5, 0.6) is 5.75 Å². The van der Waals surface area contributed by atoms with Crippen LogP contribution in [0.2, 0.25) is 0 Å². The summed E-state index contributed by atoms with van der Waals surface area (Å²) >= 11 is 1.52. The first-order valence-electron chi connectivity index (χ1n) is 5.50. The van der Waals surface area contributed by atoms with Gasteiger partial charge in [0.05, 0.1) is 5.69 Å². The molecule has 0 saturated carbocycles. The van der Waals surface area contributed by atoms with E-state index in [0.717, 1.165) is 10.7 Å². The van der Waals surface area contributed by atoms with Gasteiger partial charge in [0.1, 0.15) is 29.8 Å². The van der Waals surface area contributed by atoms with Gasteiger partial charge in [-0.05, 0) is 12.1 Å². The van der Waals surface area contributed by atoms with E-state index in [4.69, 9.17) is 10.00 Å². The lowest BCUT2D eigenvalue weighted by Crippen LogP contribution is -1.98. The van der Waals surface area contributed by atoms with Crippen LogP contribution in [-0.2, 0) is 6.61 Å². The van der Waals surface area contributed by atoms with E-state index in [2.05, 4.69) is 4.98 Å². The zero-order valence-corrected chi connectivity index (χ0v) is 10.5. The topological polar surface area (TPSA) is 50.3 Å². The Morgan fingerprint density at radius 2 is 2.37 bits per heavy atom. The number of aromatic nitrogens is 2. The Bertz CT molecular complexity index is 743. The van der Waals surface area contributed by atoms with Crippen molar-refractivity contribution in [3.8, 4) is 11.8 Å². The maximum absolute atomic E-state index is 13.4. The minimum absolute atomic E-state index is 0.0801. The van der Waals surface area contributed by atoms with Gasteiger partial charge >= 0.3 is 0 Å². The van der Waals surface area contributed by atoms with Crippen LogP contribution in [0.3, 0.4) is 0 Å². The minimum atomic E-state index is -0.578.